The van der Waals surface area contributed by atoms with Crippen molar-refractivity contribution in [3.8, 4) is 0 Å². The normalized spacial score (nSPS) is 16.1. The van der Waals surface area contributed by atoms with Gasteiger partial charge >= 0.3 is 12.1 Å². The number of nitrogens with one attached hydrogen (secondary N) is 6. The summed E-state index contributed by atoms with van der Waals surface area (Å²) in [6.45, 7) is 4.86. The molecule has 2 fully saturated rings. The van der Waals surface area contributed by atoms with Crippen LogP contribution in [0.3, 0.4) is 0 Å². The first-order valence-electron chi connectivity index (χ1n) is 30.5. The molecule has 0 spiro atoms. The minimum atomic E-state index is -1.10. The Hall–Kier alpha value is -8.41. The molecule has 0 aliphatic carbocycles. The van der Waals surface area contributed by atoms with E-state index in [2.05, 4.69) is 31.9 Å². The summed E-state index contributed by atoms with van der Waals surface area (Å²) in [5.41, 5.74) is 5.05. The summed E-state index contributed by atoms with van der Waals surface area (Å²) in [5.74, 6) is -0.736. The summed E-state index contributed by atoms with van der Waals surface area (Å²) >= 11 is 1.87. The van der Waals surface area contributed by atoms with Gasteiger partial charge in [0, 0.05) is 76.9 Å². The zero-order valence-corrected chi connectivity index (χ0v) is 50.5. The number of carbonyl (C=O) groups is 8. The third-order valence-electron chi connectivity index (χ3n) is 16.0. The number of hydrogen-bond donors (Lipinski definition) is 7. The van der Waals surface area contributed by atoms with Crippen molar-refractivity contribution in [3.63, 3.8) is 0 Å². The predicted molar refractivity (Wildman–Crippen MR) is 340 cm³/mol. The predicted octanol–water partition coefficient (Wildman–Crippen LogP) is 9.81. The Morgan fingerprint density at radius 3 is 1.75 bits per heavy atom. The summed E-state index contributed by atoms with van der Waals surface area (Å²) in [6.07, 6.45) is 6.73. The first kappa shape index (κ1) is 64.6. The highest BCUT2D eigenvalue weighted by Crippen LogP contribution is 2.33. The Morgan fingerprint density at radius 1 is 0.575 bits per heavy atom. The lowest BCUT2D eigenvalue weighted by Crippen LogP contribution is -2.54. The maximum Gasteiger partial charge on any atom is 0.325 e. The van der Waals surface area contributed by atoms with Gasteiger partial charge in [-0.2, -0.15) is 11.8 Å². The quantitative estimate of drug-likeness (QED) is 0.0120. The molecule has 2 saturated heterocycles. The molecule has 6 aromatic rings. The van der Waals surface area contributed by atoms with Crippen LogP contribution in [0.5, 0.6) is 0 Å². The van der Waals surface area contributed by atoms with Crippen LogP contribution < -0.4 is 31.9 Å². The molecule has 6 atom stereocenters. The fourth-order valence-corrected chi connectivity index (χ4v) is 12.4. The van der Waals surface area contributed by atoms with Gasteiger partial charge in [-0.1, -0.05) is 160 Å². The number of ketones is 2. The van der Waals surface area contributed by atoms with Crippen LogP contribution in [0.1, 0.15) is 147 Å². The number of benzene rings is 6. The summed E-state index contributed by atoms with van der Waals surface area (Å²) in [7, 11) is 0. The maximum absolute atomic E-state index is 14.5. The number of aryl methyl sites for hydroxylation is 1. The second-order valence-electron chi connectivity index (χ2n) is 23.0. The summed E-state index contributed by atoms with van der Waals surface area (Å²) in [5, 5.41) is 29.9. The number of fused-ring (bicyclic) bond motifs is 1. The lowest BCUT2D eigenvalue weighted by Gasteiger charge is -2.26. The molecule has 1 unspecified atom stereocenters. The van der Waals surface area contributed by atoms with Crippen LogP contribution in [0.4, 0.5) is 9.59 Å². The van der Waals surface area contributed by atoms with Gasteiger partial charge in [-0.15, -0.1) is 0 Å². The molecular formula is C70H81N7O9S. The van der Waals surface area contributed by atoms with Crippen LogP contribution in [0.2, 0.25) is 0 Å². The third-order valence-corrected chi connectivity index (χ3v) is 17.5. The highest BCUT2D eigenvalue weighted by atomic mass is 32.2. The van der Waals surface area contributed by atoms with Crippen LogP contribution in [-0.2, 0) is 28.9 Å². The lowest BCUT2D eigenvalue weighted by molar-refractivity contribution is -0.123. The molecular weight excluding hydrogens is 1110 g/mol. The van der Waals surface area contributed by atoms with Gasteiger partial charge in [0.25, 0.3) is 11.8 Å². The number of unbranched alkanes of at least 4 members (excludes halogenated alkanes) is 3. The Kier molecular flexibility index (Phi) is 24.4. The minimum absolute atomic E-state index is 0.00205. The van der Waals surface area contributed by atoms with E-state index in [0.29, 0.717) is 90.2 Å². The molecule has 2 aliphatic rings. The molecule has 2 heterocycles. The number of hydrogen-bond acceptors (Lipinski definition) is 10. The molecule has 0 saturated carbocycles. The fourth-order valence-electron chi connectivity index (χ4n) is 10.9. The molecule has 456 valence electrons. The van der Waals surface area contributed by atoms with Gasteiger partial charge in [-0.25, -0.2) is 9.59 Å². The smallest absolute Gasteiger partial charge is 0.325 e. The van der Waals surface area contributed by atoms with Crippen LogP contribution >= 0.6 is 11.8 Å². The number of amides is 8. The number of thioether (sulfide) groups is 1. The molecule has 16 nitrogen and oxygen atoms in total. The van der Waals surface area contributed by atoms with Gasteiger partial charge in [0.15, 0.2) is 11.6 Å². The van der Waals surface area contributed by atoms with Gasteiger partial charge in [0.05, 0.1) is 24.2 Å². The topological polar surface area (TPSA) is 232 Å². The Morgan fingerprint density at radius 2 is 1.13 bits per heavy atom. The molecule has 7 N–H and O–H groups in total. The number of urea groups is 2. The average Bonchev–Trinajstić information content (AvgIpc) is 2.64. The lowest BCUT2D eigenvalue weighted by atomic mass is 9.95. The highest BCUT2D eigenvalue weighted by molar-refractivity contribution is 8.00. The maximum atomic E-state index is 14.5. The Labute approximate surface area is 514 Å². The van der Waals surface area contributed by atoms with E-state index in [9.17, 15) is 43.5 Å². The summed E-state index contributed by atoms with van der Waals surface area (Å²) in [6, 6.07) is 45.4. The number of aliphatic hydroxyl groups excluding tert-OH is 1. The zero-order chi connectivity index (χ0) is 61.5. The molecule has 17 heteroatoms. The standard InChI is InChI=1S/C70H81N7O9S/c1-47(2)40-43-77(68(84)56-34-30-49(31-35-56)44-57(60(78)25-17-20-48-18-7-3-8-19-48)73-66(82)55-38-36-54(37-39-55)65(81)52-23-11-5-12-24-52)70(86)75-58(45-50-28-32-53(33-29-50)64(80)51-21-9-4-10-22-51)67(83)72-42-16-6-15-41-71-62(79)27-14-13-26-61-63-59(46-87-61)74-69(85)76-63/h3-5,7-12,18-19,21-24,28-39,47,57-61,63,78H,6,13-17,20,25-27,40-46H2,1-2H3,(H,71,79)(H,72,83)(H,73,82)(H,75,86)(H2,74,76,85)/t57?,58-,59-,60+,61-,63-/m0/s1. The van der Waals surface area contributed by atoms with Gasteiger partial charge < -0.3 is 37.0 Å². The largest absolute Gasteiger partial charge is 0.391 e. The van der Waals surface area contributed by atoms with Crippen molar-refractivity contribution in [1.29, 1.82) is 0 Å². The molecule has 87 heavy (non-hydrogen) atoms. The van der Waals surface area contributed by atoms with E-state index in [-0.39, 0.29) is 66.5 Å². The minimum Gasteiger partial charge on any atom is -0.391 e. The van der Waals surface area contributed by atoms with Crippen LogP contribution in [-0.4, -0.2) is 118 Å². The van der Waals surface area contributed by atoms with E-state index in [0.717, 1.165) is 53.9 Å². The average molecular weight is 1200 g/mol. The van der Waals surface area contributed by atoms with Crippen LogP contribution in [0, 0.1) is 5.92 Å². The zero-order valence-electron chi connectivity index (χ0n) is 49.7. The van der Waals surface area contributed by atoms with Crippen molar-refractivity contribution < 1.29 is 43.5 Å². The second-order valence-corrected chi connectivity index (χ2v) is 24.3. The van der Waals surface area contributed by atoms with Gasteiger partial charge in [0.1, 0.15) is 6.04 Å². The molecule has 0 aromatic heterocycles. The number of nitrogens with zero attached hydrogens (tertiary/aromatic N) is 1. The molecule has 0 bridgehead atoms. The van der Waals surface area contributed by atoms with Crippen molar-refractivity contribution in [2.75, 3.05) is 25.4 Å². The first-order valence-corrected chi connectivity index (χ1v) is 31.6. The van der Waals surface area contributed by atoms with E-state index in [1.807, 2.05) is 68.1 Å². The van der Waals surface area contributed by atoms with Crippen LogP contribution in [0.25, 0.3) is 0 Å². The third kappa shape index (κ3) is 19.5. The van der Waals surface area contributed by atoms with Gasteiger partial charge in [-0.3, -0.25) is 33.7 Å². The molecule has 6 aromatic carbocycles. The monoisotopic (exact) mass is 1200 g/mol. The van der Waals surface area contributed by atoms with E-state index in [4.69, 9.17) is 0 Å². The second kappa shape index (κ2) is 32.9. The van der Waals surface area contributed by atoms with E-state index >= 15 is 0 Å². The van der Waals surface area contributed by atoms with E-state index in [1.165, 1.54) is 0 Å². The molecule has 8 amide bonds. The summed E-state index contributed by atoms with van der Waals surface area (Å²) in [4.78, 5) is 109. The fraction of sp³-hybridized carbons (Fsp3) is 0.371. The number of imide groups is 1. The highest BCUT2D eigenvalue weighted by Gasteiger charge is 2.42. The van der Waals surface area contributed by atoms with Gasteiger partial charge in [-0.05, 0) is 111 Å². The van der Waals surface area contributed by atoms with Gasteiger partial charge in [0.2, 0.25) is 11.8 Å². The molecule has 0 radical (unpaired) electrons. The van der Waals surface area contributed by atoms with Crippen molar-refractivity contribution in [3.05, 3.63) is 214 Å². The summed E-state index contributed by atoms with van der Waals surface area (Å²) < 4.78 is 0. The number of aliphatic hydroxyl groups is 1. The molecule has 8 rings (SSSR count). The van der Waals surface area contributed by atoms with Crippen molar-refractivity contribution in [2.45, 2.75) is 133 Å². The Bertz CT molecular complexity index is 3240. The van der Waals surface area contributed by atoms with E-state index in [1.54, 1.807) is 121 Å². The van der Waals surface area contributed by atoms with E-state index < -0.39 is 41.9 Å². The number of carbonyl (C=O) groups excluding carboxylic acids is 8. The van der Waals surface area contributed by atoms with Crippen molar-refractivity contribution in [1.82, 2.24) is 36.8 Å². The number of rotatable bonds is 32. The SMILES string of the molecule is CC(C)CCN(C(=O)N[C@@H](Cc1ccc(C(=O)c2ccccc2)cc1)C(=O)NCCCCCNC(=O)CCCC[C@@H]1SC[C@@H]2NC(=O)N[C@@H]21)C(=O)c1ccc(CC(NC(=O)c2ccc(C(=O)c3ccccc3)cc2)[C@H](O)CCCc2ccccc2)cc1. The van der Waals surface area contributed by atoms with Crippen molar-refractivity contribution in [2.24, 2.45) is 5.92 Å². The molecule has 2 aliphatic heterocycles. The van der Waals surface area contributed by atoms with Crippen LogP contribution in [0.15, 0.2) is 164 Å². The van der Waals surface area contributed by atoms with Crippen molar-refractivity contribution >= 4 is 59.0 Å². The Balaban J connectivity index is 0.890. The first-order chi connectivity index (χ1) is 42.2.